The molecule has 0 atom stereocenters. The monoisotopic (exact) mass is 527 g/mol. The van der Waals surface area contributed by atoms with Gasteiger partial charge in [-0.2, -0.15) is 0 Å². The highest BCUT2D eigenvalue weighted by molar-refractivity contribution is 6.12. The molecule has 38 heavy (non-hydrogen) atoms. The molecule has 0 aliphatic carbocycles. The molecule has 0 aromatic carbocycles. The lowest BCUT2D eigenvalue weighted by molar-refractivity contribution is -0.0777. The van der Waals surface area contributed by atoms with E-state index in [1.807, 2.05) is 4.90 Å². The molecule has 3 saturated heterocycles. The van der Waals surface area contributed by atoms with Crippen LogP contribution in [0.5, 0.6) is 0 Å². The van der Waals surface area contributed by atoms with Gasteiger partial charge in [-0.05, 0) is 18.8 Å². The zero-order valence-corrected chi connectivity index (χ0v) is 21.0. The highest BCUT2D eigenvalue weighted by atomic mass is 19.1. The largest absolute Gasteiger partial charge is 0.381 e. The van der Waals surface area contributed by atoms with Crippen molar-refractivity contribution in [2.24, 2.45) is 5.92 Å². The highest BCUT2D eigenvalue weighted by Crippen LogP contribution is 2.33. The molecular weight excluding hydrogens is 496 g/mol. The summed E-state index contributed by atoms with van der Waals surface area (Å²) >= 11 is 0. The molecule has 6 heterocycles. The third-order valence-electron chi connectivity index (χ3n) is 7.81. The Morgan fingerprint density at radius 1 is 1.08 bits per heavy atom. The zero-order chi connectivity index (χ0) is 26.2. The number of pyridine rings is 1. The van der Waals surface area contributed by atoms with Crippen LogP contribution in [0.1, 0.15) is 23.2 Å². The van der Waals surface area contributed by atoms with Gasteiger partial charge < -0.3 is 25.6 Å². The van der Waals surface area contributed by atoms with Gasteiger partial charge in [0.05, 0.1) is 49.7 Å². The molecule has 1 amide bonds. The molecule has 3 fully saturated rings. The number of nitrogen functional groups attached to an aromatic ring is 1. The maximum absolute atomic E-state index is 15.0. The Bertz CT molecular complexity index is 1320. The first kappa shape index (κ1) is 24.9. The summed E-state index contributed by atoms with van der Waals surface area (Å²) in [5.41, 5.74) is 6.57. The molecule has 0 saturated carbocycles. The quantitative estimate of drug-likeness (QED) is 0.492. The average Bonchev–Trinajstić information content (AvgIpc) is 3.20. The second kappa shape index (κ2) is 10.4. The Balaban J connectivity index is 1.10. The van der Waals surface area contributed by atoms with Crippen molar-refractivity contribution in [2.45, 2.75) is 18.9 Å². The fourth-order valence-electron chi connectivity index (χ4n) is 5.62. The lowest BCUT2D eigenvalue weighted by Crippen LogP contribution is -2.57. The van der Waals surface area contributed by atoms with Gasteiger partial charge in [0.15, 0.2) is 23.1 Å². The van der Waals surface area contributed by atoms with Crippen molar-refractivity contribution in [3.63, 3.8) is 0 Å². The summed E-state index contributed by atoms with van der Waals surface area (Å²) < 4.78 is 35.0. The van der Waals surface area contributed by atoms with E-state index in [-0.39, 0.29) is 22.7 Å². The van der Waals surface area contributed by atoms with Crippen molar-refractivity contribution in [1.29, 1.82) is 0 Å². The van der Waals surface area contributed by atoms with Gasteiger partial charge in [-0.3, -0.25) is 14.7 Å². The summed E-state index contributed by atoms with van der Waals surface area (Å²) in [4.78, 5) is 28.0. The molecule has 202 valence electrons. The molecule has 0 radical (unpaired) electrons. The molecule has 11 nitrogen and oxygen atoms in total. The van der Waals surface area contributed by atoms with Gasteiger partial charge >= 0.3 is 0 Å². The molecule has 0 spiro atoms. The van der Waals surface area contributed by atoms with Crippen molar-refractivity contribution in [3.05, 3.63) is 42.0 Å². The second-order valence-electron chi connectivity index (χ2n) is 10.2. The number of aromatic nitrogens is 4. The van der Waals surface area contributed by atoms with E-state index >= 15 is 4.39 Å². The van der Waals surface area contributed by atoms with E-state index in [1.165, 1.54) is 6.20 Å². The maximum atomic E-state index is 15.0. The number of nitrogens with one attached hydrogen (secondary N) is 1. The zero-order valence-electron chi connectivity index (χ0n) is 21.0. The van der Waals surface area contributed by atoms with E-state index in [0.717, 1.165) is 81.9 Å². The normalized spacial score (nSPS) is 20.1. The van der Waals surface area contributed by atoms with Crippen LogP contribution in [0.4, 0.5) is 26.0 Å². The topological polar surface area (TPSA) is 117 Å². The number of rotatable bonds is 6. The standard InChI is InChI=1S/C25H31F2N9O2/c26-17-9-30-24-21(23(28)32-36(24)13-17)25(37)31-20-11-29-10-19(27)22(20)35-3-1-16(2-4-35)12-33-5-7-34(8-6-33)18-14-38-15-18/h9-11,13,16,18H,1-8,12,14-15H2,(H2,28,32)(H,31,37). The van der Waals surface area contributed by atoms with E-state index < -0.39 is 17.5 Å². The lowest BCUT2D eigenvalue weighted by Gasteiger charge is -2.44. The molecule has 3 N–H and O–H groups in total. The number of hydrogen-bond donors (Lipinski definition) is 2. The first-order chi connectivity index (χ1) is 18.5. The highest BCUT2D eigenvalue weighted by Gasteiger charge is 2.31. The van der Waals surface area contributed by atoms with Crippen molar-refractivity contribution >= 4 is 28.7 Å². The summed E-state index contributed by atoms with van der Waals surface area (Å²) in [6.45, 7) is 8.42. The smallest absolute Gasteiger partial charge is 0.263 e. The predicted molar refractivity (Wildman–Crippen MR) is 137 cm³/mol. The number of anilines is 3. The SMILES string of the molecule is Nc1nn2cc(F)cnc2c1C(=O)Nc1cncc(F)c1N1CCC(CN2CCN(C3COC3)CC2)CC1. The third kappa shape index (κ3) is 4.88. The van der Waals surface area contributed by atoms with Gasteiger partial charge in [0.2, 0.25) is 0 Å². The third-order valence-corrected chi connectivity index (χ3v) is 7.81. The van der Waals surface area contributed by atoms with Gasteiger partial charge in [0.25, 0.3) is 5.91 Å². The van der Waals surface area contributed by atoms with Crippen molar-refractivity contribution in [2.75, 3.05) is 75.0 Å². The van der Waals surface area contributed by atoms with Crippen molar-refractivity contribution < 1.29 is 18.3 Å². The summed E-state index contributed by atoms with van der Waals surface area (Å²) in [6.07, 6.45) is 6.50. The minimum absolute atomic E-state index is 0.0103. The van der Waals surface area contributed by atoms with Crippen molar-refractivity contribution in [3.8, 4) is 0 Å². The fraction of sp³-hybridized carbons (Fsp3) is 0.520. The summed E-state index contributed by atoms with van der Waals surface area (Å²) in [6, 6.07) is 0.592. The number of nitrogens with zero attached hydrogens (tertiary/aromatic N) is 7. The molecule has 6 rings (SSSR count). The van der Waals surface area contributed by atoms with Crippen LogP contribution in [-0.2, 0) is 4.74 Å². The van der Waals surface area contributed by atoms with Crippen molar-refractivity contribution in [1.82, 2.24) is 29.4 Å². The number of nitrogens with two attached hydrogens (primary N) is 1. The minimum Gasteiger partial charge on any atom is -0.381 e. The molecule has 0 unspecified atom stereocenters. The van der Waals surface area contributed by atoms with Crippen LogP contribution in [0.2, 0.25) is 0 Å². The van der Waals surface area contributed by atoms with Crippen LogP contribution in [-0.4, -0.2) is 100 Å². The molecule has 0 bridgehead atoms. The van der Waals surface area contributed by atoms with Crippen LogP contribution in [0, 0.1) is 17.6 Å². The number of halogens is 2. The molecule has 13 heteroatoms. The first-order valence-electron chi connectivity index (χ1n) is 13.0. The fourth-order valence-corrected chi connectivity index (χ4v) is 5.62. The average molecular weight is 528 g/mol. The summed E-state index contributed by atoms with van der Waals surface area (Å²) in [5.74, 6) is -1.30. The number of piperazine rings is 1. The van der Waals surface area contributed by atoms with E-state index in [2.05, 4.69) is 30.2 Å². The van der Waals surface area contributed by atoms with Crippen LogP contribution in [0.15, 0.2) is 24.8 Å². The summed E-state index contributed by atoms with van der Waals surface area (Å²) in [7, 11) is 0. The molecule has 3 aromatic heterocycles. The van der Waals surface area contributed by atoms with E-state index in [9.17, 15) is 9.18 Å². The molecule has 3 aromatic rings. The number of ether oxygens (including phenoxy) is 1. The number of carbonyl (C=O) groups excluding carboxylic acids is 1. The molecule has 3 aliphatic rings. The first-order valence-corrected chi connectivity index (χ1v) is 13.0. The Morgan fingerprint density at radius 3 is 2.55 bits per heavy atom. The second-order valence-corrected chi connectivity index (χ2v) is 10.2. The van der Waals surface area contributed by atoms with Gasteiger partial charge in [-0.15, -0.1) is 5.10 Å². The lowest BCUT2D eigenvalue weighted by atomic mass is 9.95. The Morgan fingerprint density at radius 2 is 1.84 bits per heavy atom. The van der Waals surface area contributed by atoms with Gasteiger partial charge in [-0.25, -0.2) is 18.3 Å². The van der Waals surface area contributed by atoms with E-state index in [4.69, 9.17) is 10.5 Å². The molecule has 3 aliphatic heterocycles. The van der Waals surface area contributed by atoms with Crippen LogP contribution >= 0.6 is 0 Å². The van der Waals surface area contributed by atoms with Crippen LogP contribution < -0.4 is 16.0 Å². The summed E-state index contributed by atoms with van der Waals surface area (Å²) in [5, 5.41) is 6.69. The minimum atomic E-state index is -0.618. The number of piperidine rings is 1. The van der Waals surface area contributed by atoms with E-state index in [1.54, 1.807) is 0 Å². The number of hydrogen-bond acceptors (Lipinski definition) is 9. The van der Waals surface area contributed by atoms with E-state index in [0.29, 0.717) is 30.7 Å². The molecular formula is C25H31F2N9O2. The number of fused-ring (bicyclic) bond motifs is 1. The number of carbonyl (C=O) groups is 1. The van der Waals surface area contributed by atoms with Gasteiger partial charge in [0, 0.05) is 45.8 Å². The Labute approximate surface area is 218 Å². The van der Waals surface area contributed by atoms with Gasteiger partial charge in [-0.1, -0.05) is 0 Å². The number of amides is 1. The Hall–Kier alpha value is -3.42. The van der Waals surface area contributed by atoms with Gasteiger partial charge in [0.1, 0.15) is 11.3 Å². The maximum Gasteiger partial charge on any atom is 0.263 e. The predicted octanol–water partition coefficient (Wildman–Crippen LogP) is 1.47. The Kier molecular flexibility index (Phi) is 6.80. The van der Waals surface area contributed by atoms with Crippen LogP contribution in [0.25, 0.3) is 5.65 Å². The van der Waals surface area contributed by atoms with Crippen LogP contribution in [0.3, 0.4) is 0 Å².